The Morgan fingerprint density at radius 2 is 1.93 bits per heavy atom. The number of nitrogens with one attached hydrogen (secondary N) is 1. The number of esters is 1. The maximum absolute atomic E-state index is 11.7. The number of nitrogens with zero attached hydrogens (tertiary/aromatic N) is 2. The monoisotopic (exact) mass is 569 g/mol. The first-order valence-electron chi connectivity index (χ1n) is 9.05. The van der Waals surface area contributed by atoms with Crippen LogP contribution in [0.15, 0.2) is 21.6 Å². The van der Waals surface area contributed by atoms with Crippen molar-refractivity contribution in [2.75, 3.05) is 41.0 Å². The molecule has 1 fully saturated rings. The molecule has 0 saturated carbocycles. The summed E-state index contributed by atoms with van der Waals surface area (Å²) >= 11 is 3.52. The second kappa shape index (κ2) is 12.4. The molecule has 2 rings (SSSR count). The molecule has 1 aromatic carbocycles. The standard InChI is InChI=1S/C19H28BrN3O4.HI/c1-5-21-19(23-8-6-14(7-9-23)18(24)27-4)22-12-13-10-15(20)17(26-3)16(11-13)25-2;/h10-11,14H,5-9,12H2,1-4H3,(H,21,22);1H. The lowest BCUT2D eigenvalue weighted by molar-refractivity contribution is -0.146. The lowest BCUT2D eigenvalue weighted by Gasteiger charge is -2.33. The van der Waals surface area contributed by atoms with Crippen LogP contribution in [0.1, 0.15) is 25.3 Å². The maximum Gasteiger partial charge on any atom is 0.308 e. The van der Waals surface area contributed by atoms with Gasteiger partial charge in [0.1, 0.15) is 0 Å². The number of carbonyl (C=O) groups excluding carboxylic acids is 1. The summed E-state index contributed by atoms with van der Waals surface area (Å²) in [5.74, 6) is 2.05. The summed E-state index contributed by atoms with van der Waals surface area (Å²) in [7, 11) is 4.68. The molecule has 0 unspecified atom stereocenters. The summed E-state index contributed by atoms with van der Waals surface area (Å²) in [6.45, 7) is 4.90. The molecule has 0 atom stereocenters. The van der Waals surface area contributed by atoms with Crippen molar-refractivity contribution >= 4 is 51.8 Å². The van der Waals surface area contributed by atoms with Crippen LogP contribution in [0.5, 0.6) is 11.5 Å². The van der Waals surface area contributed by atoms with Crippen molar-refractivity contribution in [2.45, 2.75) is 26.3 Å². The zero-order valence-corrected chi connectivity index (χ0v) is 20.7. The third-order valence-electron chi connectivity index (χ3n) is 4.57. The number of likely N-dealkylation sites (tertiary alicyclic amines) is 1. The molecular formula is C19H29BrIN3O4. The number of benzene rings is 1. The fraction of sp³-hybridized carbons (Fsp3) is 0.579. The quantitative estimate of drug-likeness (QED) is 0.245. The van der Waals surface area contributed by atoms with Crippen LogP contribution in [0.3, 0.4) is 0 Å². The van der Waals surface area contributed by atoms with E-state index in [0.29, 0.717) is 18.0 Å². The van der Waals surface area contributed by atoms with E-state index in [2.05, 4.69) is 26.1 Å². The Labute approximate surface area is 192 Å². The number of ether oxygens (including phenoxy) is 3. The van der Waals surface area contributed by atoms with E-state index >= 15 is 0 Å². The Kier molecular flexibility index (Phi) is 10.9. The minimum atomic E-state index is -0.119. The van der Waals surface area contributed by atoms with Crippen LogP contribution < -0.4 is 14.8 Å². The average molecular weight is 570 g/mol. The molecule has 1 N–H and O–H groups in total. The van der Waals surface area contributed by atoms with Gasteiger partial charge >= 0.3 is 5.97 Å². The van der Waals surface area contributed by atoms with Crippen molar-refractivity contribution in [2.24, 2.45) is 10.9 Å². The van der Waals surface area contributed by atoms with Crippen molar-refractivity contribution in [1.82, 2.24) is 10.2 Å². The maximum atomic E-state index is 11.7. The highest BCUT2D eigenvalue weighted by atomic mass is 127. The SMILES string of the molecule is CCNC(=NCc1cc(Br)c(OC)c(OC)c1)N1CCC(C(=O)OC)CC1.I. The van der Waals surface area contributed by atoms with Crippen molar-refractivity contribution < 1.29 is 19.0 Å². The van der Waals surface area contributed by atoms with E-state index in [-0.39, 0.29) is 35.9 Å². The molecule has 0 bridgehead atoms. The summed E-state index contributed by atoms with van der Waals surface area (Å²) in [6, 6.07) is 3.91. The molecule has 0 aromatic heterocycles. The molecule has 1 aliphatic rings. The lowest BCUT2D eigenvalue weighted by atomic mass is 9.97. The van der Waals surface area contributed by atoms with Crippen LogP contribution in [-0.2, 0) is 16.1 Å². The van der Waals surface area contributed by atoms with Gasteiger partial charge in [-0.3, -0.25) is 4.79 Å². The highest BCUT2D eigenvalue weighted by Gasteiger charge is 2.27. The minimum Gasteiger partial charge on any atom is -0.493 e. The number of methoxy groups -OCH3 is 3. The Balaban J connectivity index is 0.00000392. The van der Waals surface area contributed by atoms with Gasteiger partial charge in [-0.05, 0) is 53.4 Å². The number of carbonyl (C=O) groups is 1. The number of halogens is 2. The predicted molar refractivity (Wildman–Crippen MR) is 124 cm³/mol. The summed E-state index contributed by atoms with van der Waals surface area (Å²) in [6.07, 6.45) is 1.55. The van der Waals surface area contributed by atoms with E-state index in [4.69, 9.17) is 19.2 Å². The fourth-order valence-corrected chi connectivity index (χ4v) is 3.80. The molecule has 9 heteroatoms. The van der Waals surface area contributed by atoms with Crippen molar-refractivity contribution in [1.29, 1.82) is 0 Å². The molecular weight excluding hydrogens is 541 g/mol. The Morgan fingerprint density at radius 1 is 1.25 bits per heavy atom. The third-order valence-corrected chi connectivity index (χ3v) is 5.16. The molecule has 1 aromatic rings. The van der Waals surface area contributed by atoms with Gasteiger partial charge in [0.15, 0.2) is 17.5 Å². The summed E-state index contributed by atoms with van der Waals surface area (Å²) in [5.41, 5.74) is 1.01. The lowest BCUT2D eigenvalue weighted by Crippen LogP contribution is -2.46. The molecule has 1 aliphatic heterocycles. The molecule has 0 amide bonds. The smallest absolute Gasteiger partial charge is 0.308 e. The van der Waals surface area contributed by atoms with Crippen molar-refractivity contribution in [3.05, 3.63) is 22.2 Å². The number of rotatable bonds is 6. The van der Waals surface area contributed by atoms with Crippen LogP contribution in [-0.4, -0.2) is 57.8 Å². The first kappa shape index (κ1) is 24.8. The van der Waals surface area contributed by atoms with E-state index < -0.39 is 0 Å². The molecule has 0 spiro atoms. The van der Waals surface area contributed by atoms with Crippen LogP contribution in [0.25, 0.3) is 0 Å². The first-order valence-corrected chi connectivity index (χ1v) is 9.84. The number of guanidine groups is 1. The van der Waals surface area contributed by atoms with Crippen LogP contribution in [0, 0.1) is 5.92 Å². The molecule has 0 aliphatic carbocycles. The first-order chi connectivity index (χ1) is 13.0. The van der Waals surface area contributed by atoms with Gasteiger partial charge < -0.3 is 24.4 Å². The predicted octanol–water partition coefficient (Wildman–Crippen LogP) is 3.43. The van der Waals surface area contributed by atoms with E-state index in [1.54, 1.807) is 14.2 Å². The van der Waals surface area contributed by atoms with E-state index in [1.807, 2.05) is 19.1 Å². The summed E-state index contributed by atoms with van der Waals surface area (Å²) in [4.78, 5) is 18.7. The van der Waals surface area contributed by atoms with Gasteiger partial charge in [0, 0.05) is 19.6 Å². The van der Waals surface area contributed by atoms with E-state index in [0.717, 1.165) is 48.5 Å². The average Bonchev–Trinajstić information content (AvgIpc) is 2.70. The molecule has 1 saturated heterocycles. The van der Waals surface area contributed by atoms with Gasteiger partial charge in [-0.15, -0.1) is 24.0 Å². The van der Waals surface area contributed by atoms with Crippen LogP contribution in [0.2, 0.25) is 0 Å². The van der Waals surface area contributed by atoms with Gasteiger partial charge in [0.2, 0.25) is 0 Å². The van der Waals surface area contributed by atoms with E-state index in [9.17, 15) is 4.79 Å². The van der Waals surface area contributed by atoms with Gasteiger partial charge in [-0.2, -0.15) is 0 Å². The van der Waals surface area contributed by atoms with Crippen molar-refractivity contribution in [3.8, 4) is 11.5 Å². The Morgan fingerprint density at radius 3 is 2.46 bits per heavy atom. The summed E-state index contributed by atoms with van der Waals surface area (Å²) in [5, 5.41) is 3.34. The Bertz CT molecular complexity index is 679. The molecule has 158 valence electrons. The molecule has 1 heterocycles. The highest BCUT2D eigenvalue weighted by Crippen LogP contribution is 2.36. The fourth-order valence-electron chi connectivity index (χ4n) is 3.15. The van der Waals surface area contributed by atoms with Gasteiger partial charge in [0.25, 0.3) is 0 Å². The van der Waals surface area contributed by atoms with Crippen LogP contribution >= 0.6 is 39.9 Å². The topological polar surface area (TPSA) is 72.4 Å². The van der Waals surface area contributed by atoms with E-state index in [1.165, 1.54) is 7.11 Å². The van der Waals surface area contributed by atoms with Crippen molar-refractivity contribution in [3.63, 3.8) is 0 Å². The minimum absolute atomic E-state index is 0. The Hall–Kier alpha value is -1.23. The zero-order valence-electron chi connectivity index (χ0n) is 16.8. The van der Waals surface area contributed by atoms with Gasteiger partial charge in [-0.1, -0.05) is 0 Å². The number of piperidine rings is 1. The number of aliphatic imine (C=N–C) groups is 1. The highest BCUT2D eigenvalue weighted by molar-refractivity contribution is 14.0. The zero-order chi connectivity index (χ0) is 19.8. The molecule has 7 nitrogen and oxygen atoms in total. The van der Waals surface area contributed by atoms with Gasteiger partial charge in [0.05, 0.1) is 38.3 Å². The third kappa shape index (κ3) is 6.40. The van der Waals surface area contributed by atoms with Gasteiger partial charge in [-0.25, -0.2) is 4.99 Å². The molecule has 0 radical (unpaired) electrons. The number of hydrogen-bond acceptors (Lipinski definition) is 5. The second-order valence-electron chi connectivity index (χ2n) is 6.27. The largest absolute Gasteiger partial charge is 0.493 e. The normalized spacial score (nSPS) is 14.9. The molecule has 28 heavy (non-hydrogen) atoms. The summed E-state index contributed by atoms with van der Waals surface area (Å²) < 4.78 is 16.4. The second-order valence-corrected chi connectivity index (χ2v) is 7.12. The van der Waals surface area contributed by atoms with Crippen LogP contribution in [0.4, 0.5) is 0 Å². The number of hydrogen-bond donors (Lipinski definition) is 1.